The van der Waals surface area contributed by atoms with E-state index in [9.17, 15) is 0 Å². The van der Waals surface area contributed by atoms with E-state index in [0.29, 0.717) is 17.5 Å². The van der Waals surface area contributed by atoms with Crippen molar-refractivity contribution in [2.75, 3.05) is 0 Å². The topological polar surface area (TPSA) is 65.0 Å². The Balaban J connectivity index is 1.08. The van der Waals surface area contributed by atoms with Gasteiger partial charge in [-0.1, -0.05) is 115 Å². The average molecular weight is 672 g/mol. The minimum Gasteiger partial charge on any atom is -0.456 e. The molecule has 0 radical (unpaired) electrons. The Morgan fingerprint density at radius 3 is 1.76 bits per heavy atom. The van der Waals surface area contributed by atoms with Crippen LogP contribution in [0.25, 0.3) is 109 Å². The number of nitrogens with zero attached hydrogens (tertiary/aromatic N) is 3. The van der Waals surface area contributed by atoms with Gasteiger partial charge >= 0.3 is 0 Å². The van der Waals surface area contributed by atoms with Crippen LogP contribution in [0.15, 0.2) is 160 Å². The van der Waals surface area contributed by atoms with Crippen LogP contribution < -0.4 is 0 Å². The third-order valence-electron chi connectivity index (χ3n) is 9.75. The molecule has 4 heterocycles. The Kier molecular flexibility index (Phi) is 6.05. The van der Waals surface area contributed by atoms with Crippen molar-refractivity contribution in [1.82, 2.24) is 15.0 Å². The summed E-state index contributed by atoms with van der Waals surface area (Å²) in [5.41, 5.74) is 8.46. The second-order valence-corrected chi connectivity index (χ2v) is 13.8. The summed E-state index contributed by atoms with van der Waals surface area (Å²) < 4.78 is 15.1. The molecule has 0 atom stereocenters. The predicted octanol–water partition coefficient (Wildman–Crippen LogP) is 12.7. The zero-order valence-corrected chi connectivity index (χ0v) is 27.8. The predicted molar refractivity (Wildman–Crippen MR) is 209 cm³/mol. The monoisotopic (exact) mass is 671 g/mol. The van der Waals surface area contributed by atoms with Crippen LogP contribution in [0.3, 0.4) is 0 Å². The van der Waals surface area contributed by atoms with Gasteiger partial charge in [0.15, 0.2) is 17.5 Å². The van der Waals surface area contributed by atoms with Crippen LogP contribution in [0.1, 0.15) is 0 Å². The molecule has 0 aliphatic carbocycles. The van der Waals surface area contributed by atoms with E-state index in [4.69, 9.17) is 23.8 Å². The molecular formula is C45H25N3O2S. The lowest BCUT2D eigenvalue weighted by atomic mass is 9.97. The normalized spacial score (nSPS) is 11.9. The molecule has 4 aromatic heterocycles. The maximum atomic E-state index is 6.46. The summed E-state index contributed by atoms with van der Waals surface area (Å²) in [5, 5.41) is 6.83. The second-order valence-electron chi connectivity index (χ2n) is 12.8. The number of furan rings is 2. The first kappa shape index (κ1) is 28.2. The molecule has 0 amide bonds. The largest absolute Gasteiger partial charge is 0.456 e. The third-order valence-corrected chi connectivity index (χ3v) is 10.9. The maximum Gasteiger partial charge on any atom is 0.164 e. The highest BCUT2D eigenvalue weighted by Gasteiger charge is 2.19. The standard InChI is InChI=1S/C45H25N3O2S/c1-2-10-26(11-3-1)43-46-44(27-20-22-31-29-12-4-6-17-36(29)49-38(31)24-27)48-45(47-43)28-21-23-35-40(25-28)51-39-19-9-14-32(41(35)39)34-16-8-15-33-30-13-5-7-18-37(30)50-42(33)34/h1-25H. The number of thiophene rings is 1. The van der Waals surface area contributed by atoms with Gasteiger partial charge in [0.25, 0.3) is 0 Å². The summed E-state index contributed by atoms with van der Waals surface area (Å²) in [7, 11) is 0. The Morgan fingerprint density at radius 2 is 0.961 bits per heavy atom. The molecule has 11 aromatic rings. The SMILES string of the molecule is c1ccc(-c2nc(-c3ccc4c(c3)oc3ccccc34)nc(-c3ccc4c(c3)sc3cccc(-c5cccc6c5oc5ccccc56)c34)n2)cc1. The van der Waals surface area contributed by atoms with Crippen LogP contribution in [-0.4, -0.2) is 15.0 Å². The Bertz CT molecular complexity index is 3160. The van der Waals surface area contributed by atoms with Crippen molar-refractivity contribution in [2.45, 2.75) is 0 Å². The quantitative estimate of drug-likeness (QED) is 0.186. The number of rotatable bonds is 4. The van der Waals surface area contributed by atoms with Crippen molar-refractivity contribution in [1.29, 1.82) is 0 Å². The van der Waals surface area contributed by atoms with E-state index in [2.05, 4.69) is 84.9 Å². The van der Waals surface area contributed by atoms with Crippen molar-refractivity contribution in [2.24, 2.45) is 0 Å². The molecule has 0 unspecified atom stereocenters. The van der Waals surface area contributed by atoms with Gasteiger partial charge in [0.1, 0.15) is 22.3 Å². The average Bonchev–Trinajstić information content (AvgIpc) is 3.88. The minimum atomic E-state index is 0.596. The summed E-state index contributed by atoms with van der Waals surface area (Å²) >= 11 is 1.78. The smallest absolute Gasteiger partial charge is 0.164 e. The molecule has 0 bridgehead atoms. The molecule has 0 aliphatic rings. The van der Waals surface area contributed by atoms with Crippen LogP contribution in [0.4, 0.5) is 0 Å². The van der Waals surface area contributed by atoms with Gasteiger partial charge in [0.05, 0.1) is 0 Å². The van der Waals surface area contributed by atoms with E-state index in [1.54, 1.807) is 11.3 Å². The molecule has 238 valence electrons. The lowest BCUT2D eigenvalue weighted by Gasteiger charge is -2.09. The summed E-state index contributed by atoms with van der Waals surface area (Å²) in [6.45, 7) is 0. The maximum absolute atomic E-state index is 6.46. The van der Waals surface area contributed by atoms with E-state index in [-0.39, 0.29) is 0 Å². The first-order chi connectivity index (χ1) is 25.2. The third kappa shape index (κ3) is 4.43. The van der Waals surface area contributed by atoms with Crippen molar-refractivity contribution < 1.29 is 8.83 Å². The van der Waals surface area contributed by atoms with Gasteiger partial charge in [-0.25, -0.2) is 15.0 Å². The fourth-order valence-corrected chi connectivity index (χ4v) is 8.54. The van der Waals surface area contributed by atoms with Gasteiger partial charge in [-0.05, 0) is 42.0 Å². The van der Waals surface area contributed by atoms with Gasteiger partial charge in [0, 0.05) is 64.0 Å². The molecule has 0 fully saturated rings. The van der Waals surface area contributed by atoms with Crippen LogP contribution in [0.5, 0.6) is 0 Å². The van der Waals surface area contributed by atoms with Crippen LogP contribution in [0.2, 0.25) is 0 Å². The van der Waals surface area contributed by atoms with E-state index < -0.39 is 0 Å². The summed E-state index contributed by atoms with van der Waals surface area (Å²) in [4.78, 5) is 15.1. The highest BCUT2D eigenvalue weighted by molar-refractivity contribution is 7.26. The van der Waals surface area contributed by atoms with E-state index in [0.717, 1.165) is 71.7 Å². The van der Waals surface area contributed by atoms with Gasteiger partial charge in [-0.3, -0.25) is 0 Å². The number of aromatic nitrogens is 3. The fourth-order valence-electron chi connectivity index (χ4n) is 7.36. The second kappa shape index (κ2) is 10.9. The van der Waals surface area contributed by atoms with Crippen molar-refractivity contribution in [3.8, 4) is 45.3 Å². The molecular weight excluding hydrogens is 647 g/mol. The zero-order valence-electron chi connectivity index (χ0n) is 27.0. The van der Waals surface area contributed by atoms with Crippen molar-refractivity contribution >= 4 is 75.4 Å². The highest BCUT2D eigenvalue weighted by Crippen LogP contribution is 2.44. The molecule has 6 heteroatoms. The van der Waals surface area contributed by atoms with Crippen molar-refractivity contribution in [3.63, 3.8) is 0 Å². The van der Waals surface area contributed by atoms with E-state index in [1.807, 2.05) is 66.7 Å². The van der Waals surface area contributed by atoms with E-state index in [1.165, 1.54) is 20.2 Å². The number of para-hydroxylation sites is 3. The van der Waals surface area contributed by atoms with Crippen molar-refractivity contribution in [3.05, 3.63) is 152 Å². The zero-order chi connectivity index (χ0) is 33.5. The highest BCUT2D eigenvalue weighted by atomic mass is 32.1. The molecule has 51 heavy (non-hydrogen) atoms. The molecule has 0 aliphatic heterocycles. The lowest BCUT2D eigenvalue weighted by Crippen LogP contribution is -2.00. The summed E-state index contributed by atoms with van der Waals surface area (Å²) in [6, 6.07) is 52.1. The molecule has 5 nitrogen and oxygen atoms in total. The minimum absolute atomic E-state index is 0.596. The Morgan fingerprint density at radius 1 is 0.373 bits per heavy atom. The first-order valence-electron chi connectivity index (χ1n) is 16.8. The number of fused-ring (bicyclic) bond motifs is 9. The first-order valence-corrected chi connectivity index (χ1v) is 17.7. The fraction of sp³-hybridized carbons (Fsp3) is 0. The number of hydrogen-bond acceptors (Lipinski definition) is 6. The van der Waals surface area contributed by atoms with Crippen LogP contribution >= 0.6 is 11.3 Å². The summed E-state index contributed by atoms with van der Waals surface area (Å²) in [5.74, 6) is 1.84. The van der Waals surface area contributed by atoms with E-state index >= 15 is 0 Å². The van der Waals surface area contributed by atoms with Gasteiger partial charge < -0.3 is 8.83 Å². The lowest BCUT2D eigenvalue weighted by molar-refractivity contribution is 0.669. The number of hydrogen-bond donors (Lipinski definition) is 0. The van der Waals surface area contributed by atoms with Gasteiger partial charge in [0.2, 0.25) is 0 Å². The molecule has 0 saturated carbocycles. The Hall–Kier alpha value is -6.63. The molecule has 11 rings (SSSR count). The van der Waals surface area contributed by atoms with Crippen LogP contribution in [0, 0.1) is 0 Å². The van der Waals surface area contributed by atoms with Gasteiger partial charge in [-0.15, -0.1) is 11.3 Å². The molecule has 0 N–H and O–H groups in total. The number of benzene rings is 7. The Labute approximate surface area is 295 Å². The van der Waals surface area contributed by atoms with Gasteiger partial charge in [-0.2, -0.15) is 0 Å². The van der Waals surface area contributed by atoms with Crippen LogP contribution in [-0.2, 0) is 0 Å². The molecule has 0 saturated heterocycles. The summed E-state index contributed by atoms with van der Waals surface area (Å²) in [6.07, 6.45) is 0. The molecule has 0 spiro atoms. The molecule has 7 aromatic carbocycles.